The number of carboxylic acid groups (broad SMARTS) is 1. The third kappa shape index (κ3) is 9.88. The normalized spacial score (nSPS) is 16.7. The standard InChI is InChI=1S/C24H40N2O5S/c1-3-5-18-32(29,30)25-23(24(27)28)19-21-9-11-22(12-10-21)31-17-7-6-8-20-13-15-26(4-2)16-14-20/h9-12,20,23,25H,3-8,13-19H2,1-2H3,(H,27,28). The fourth-order valence-corrected chi connectivity index (χ4v) is 5.47. The molecule has 182 valence electrons. The fraction of sp³-hybridized carbons (Fsp3) is 0.708. The van der Waals surface area contributed by atoms with Gasteiger partial charge in [-0.05, 0) is 81.8 Å². The molecule has 1 aromatic rings. The summed E-state index contributed by atoms with van der Waals surface area (Å²) in [5.41, 5.74) is 0.751. The van der Waals surface area contributed by atoms with Gasteiger partial charge in [0.2, 0.25) is 10.0 Å². The van der Waals surface area contributed by atoms with Gasteiger partial charge >= 0.3 is 5.97 Å². The summed E-state index contributed by atoms with van der Waals surface area (Å²) >= 11 is 0. The SMILES string of the molecule is CCCCS(=O)(=O)NC(Cc1ccc(OCCCCC2CCN(CC)CC2)cc1)C(=O)O. The van der Waals surface area contributed by atoms with Gasteiger partial charge in [0.05, 0.1) is 12.4 Å². The minimum atomic E-state index is -3.60. The van der Waals surface area contributed by atoms with E-state index in [1.807, 2.05) is 19.1 Å². The molecule has 1 unspecified atom stereocenters. The quantitative estimate of drug-likeness (QED) is 0.381. The number of hydrogen-bond acceptors (Lipinski definition) is 5. The van der Waals surface area contributed by atoms with Gasteiger partial charge in [-0.3, -0.25) is 4.79 Å². The number of sulfonamides is 1. The molecule has 1 saturated heterocycles. The van der Waals surface area contributed by atoms with Crippen LogP contribution in [0.2, 0.25) is 0 Å². The minimum absolute atomic E-state index is 0.0576. The Balaban J connectivity index is 1.71. The largest absolute Gasteiger partial charge is 0.494 e. The van der Waals surface area contributed by atoms with E-state index in [0.717, 1.165) is 36.6 Å². The predicted octanol–water partition coefficient (Wildman–Crippen LogP) is 3.68. The zero-order chi connectivity index (χ0) is 23.4. The molecule has 1 heterocycles. The zero-order valence-electron chi connectivity index (χ0n) is 19.6. The number of aliphatic carboxylic acids is 1. The number of rotatable bonds is 15. The number of carboxylic acids is 1. The van der Waals surface area contributed by atoms with Crippen LogP contribution in [0.15, 0.2) is 24.3 Å². The lowest BCUT2D eigenvalue weighted by Crippen LogP contribution is -2.43. The Bertz CT molecular complexity index is 774. The second kappa shape index (κ2) is 13.8. The molecule has 0 bridgehead atoms. The average molecular weight is 469 g/mol. The third-order valence-electron chi connectivity index (χ3n) is 6.18. The zero-order valence-corrected chi connectivity index (χ0v) is 20.4. The van der Waals surface area contributed by atoms with Crippen molar-refractivity contribution in [3.63, 3.8) is 0 Å². The lowest BCUT2D eigenvalue weighted by molar-refractivity contribution is -0.138. The van der Waals surface area contributed by atoms with Gasteiger partial charge in [-0.15, -0.1) is 0 Å². The Hall–Kier alpha value is -1.64. The van der Waals surface area contributed by atoms with Crippen molar-refractivity contribution in [1.82, 2.24) is 9.62 Å². The maximum Gasteiger partial charge on any atom is 0.322 e. The van der Waals surface area contributed by atoms with Crippen LogP contribution in [0.5, 0.6) is 5.75 Å². The van der Waals surface area contributed by atoms with Gasteiger partial charge < -0.3 is 14.7 Å². The summed E-state index contributed by atoms with van der Waals surface area (Å²) in [5, 5.41) is 9.41. The fourth-order valence-electron chi connectivity index (χ4n) is 4.06. The molecular weight excluding hydrogens is 428 g/mol. The van der Waals surface area contributed by atoms with Crippen LogP contribution in [-0.2, 0) is 21.2 Å². The number of nitrogens with zero attached hydrogens (tertiary/aromatic N) is 1. The molecule has 32 heavy (non-hydrogen) atoms. The summed E-state index contributed by atoms with van der Waals surface area (Å²) in [6.45, 7) is 8.40. The molecule has 0 aliphatic carbocycles. The number of hydrogen-bond donors (Lipinski definition) is 2. The van der Waals surface area contributed by atoms with Crippen LogP contribution < -0.4 is 9.46 Å². The summed E-state index contributed by atoms with van der Waals surface area (Å²) < 4.78 is 32.2. The first-order chi connectivity index (χ1) is 15.3. The monoisotopic (exact) mass is 468 g/mol. The van der Waals surface area contributed by atoms with Crippen LogP contribution in [0.4, 0.5) is 0 Å². The molecule has 0 amide bonds. The molecule has 7 nitrogen and oxygen atoms in total. The van der Waals surface area contributed by atoms with Gasteiger partial charge in [0, 0.05) is 0 Å². The van der Waals surface area contributed by atoms with E-state index < -0.39 is 22.0 Å². The van der Waals surface area contributed by atoms with Gasteiger partial charge in [0.25, 0.3) is 0 Å². The van der Waals surface area contributed by atoms with E-state index in [1.165, 1.54) is 38.8 Å². The molecule has 2 rings (SSSR count). The van der Waals surface area contributed by atoms with Gasteiger partial charge in [-0.25, -0.2) is 13.1 Å². The van der Waals surface area contributed by atoms with Gasteiger partial charge in [-0.2, -0.15) is 0 Å². The van der Waals surface area contributed by atoms with Crippen molar-refractivity contribution in [2.75, 3.05) is 32.0 Å². The predicted molar refractivity (Wildman–Crippen MR) is 128 cm³/mol. The maximum absolute atomic E-state index is 12.1. The van der Waals surface area contributed by atoms with Gasteiger partial charge in [0.1, 0.15) is 11.8 Å². The maximum atomic E-state index is 12.1. The van der Waals surface area contributed by atoms with E-state index in [0.29, 0.717) is 13.0 Å². The van der Waals surface area contributed by atoms with Crippen molar-refractivity contribution in [3.8, 4) is 5.75 Å². The van der Waals surface area contributed by atoms with E-state index in [-0.39, 0.29) is 12.2 Å². The van der Waals surface area contributed by atoms with E-state index in [4.69, 9.17) is 4.74 Å². The van der Waals surface area contributed by atoms with Crippen LogP contribution in [0, 0.1) is 5.92 Å². The Kier molecular flexibility index (Phi) is 11.5. The van der Waals surface area contributed by atoms with Crippen LogP contribution in [-0.4, -0.2) is 62.4 Å². The van der Waals surface area contributed by atoms with E-state index in [1.54, 1.807) is 12.1 Å². The summed E-state index contributed by atoms with van der Waals surface area (Å²) in [5.74, 6) is 0.364. The Morgan fingerprint density at radius 3 is 2.44 bits per heavy atom. The van der Waals surface area contributed by atoms with Crippen LogP contribution in [0.1, 0.15) is 64.4 Å². The molecule has 0 radical (unpaired) electrons. The van der Waals surface area contributed by atoms with Crippen molar-refractivity contribution in [2.45, 2.75) is 71.3 Å². The molecule has 0 spiro atoms. The second-order valence-corrected chi connectivity index (χ2v) is 10.6. The topological polar surface area (TPSA) is 95.9 Å². The Morgan fingerprint density at radius 1 is 1.16 bits per heavy atom. The average Bonchev–Trinajstić information content (AvgIpc) is 2.78. The number of unbranched alkanes of at least 4 members (excludes halogenated alkanes) is 2. The highest BCUT2D eigenvalue weighted by molar-refractivity contribution is 7.89. The number of piperidine rings is 1. The van der Waals surface area contributed by atoms with Crippen molar-refractivity contribution >= 4 is 16.0 Å². The molecule has 8 heteroatoms. The number of likely N-dealkylation sites (tertiary alicyclic amines) is 1. The highest BCUT2D eigenvalue weighted by Gasteiger charge is 2.24. The number of carbonyl (C=O) groups is 1. The molecule has 1 atom stereocenters. The van der Waals surface area contributed by atoms with E-state index >= 15 is 0 Å². The highest BCUT2D eigenvalue weighted by Crippen LogP contribution is 2.22. The smallest absolute Gasteiger partial charge is 0.322 e. The van der Waals surface area contributed by atoms with Gasteiger partial charge in [-0.1, -0.05) is 38.8 Å². The van der Waals surface area contributed by atoms with Crippen LogP contribution in [0.3, 0.4) is 0 Å². The molecule has 1 aliphatic rings. The van der Waals surface area contributed by atoms with Crippen molar-refractivity contribution in [3.05, 3.63) is 29.8 Å². The van der Waals surface area contributed by atoms with Crippen LogP contribution >= 0.6 is 0 Å². The summed E-state index contributed by atoms with van der Waals surface area (Å²) in [6, 6.07) is 6.06. The number of benzene rings is 1. The van der Waals surface area contributed by atoms with E-state index in [9.17, 15) is 18.3 Å². The molecule has 1 aliphatic heterocycles. The highest BCUT2D eigenvalue weighted by atomic mass is 32.2. The third-order valence-corrected chi connectivity index (χ3v) is 7.65. The molecule has 2 N–H and O–H groups in total. The molecular formula is C24H40N2O5S. The van der Waals surface area contributed by atoms with Crippen molar-refractivity contribution in [2.24, 2.45) is 5.92 Å². The lowest BCUT2D eigenvalue weighted by atomic mass is 9.92. The summed E-state index contributed by atoms with van der Waals surface area (Å²) in [6.07, 6.45) is 7.42. The Morgan fingerprint density at radius 2 is 1.84 bits per heavy atom. The van der Waals surface area contributed by atoms with E-state index in [2.05, 4.69) is 16.5 Å². The Labute approximate surface area is 193 Å². The number of ether oxygens (including phenoxy) is 1. The van der Waals surface area contributed by atoms with Crippen molar-refractivity contribution < 1.29 is 23.1 Å². The lowest BCUT2D eigenvalue weighted by Gasteiger charge is -2.31. The first kappa shape index (κ1) is 26.6. The molecule has 1 aromatic carbocycles. The van der Waals surface area contributed by atoms with Crippen LogP contribution in [0.25, 0.3) is 0 Å². The second-order valence-electron chi connectivity index (χ2n) is 8.75. The molecule has 0 saturated carbocycles. The number of nitrogens with one attached hydrogen (secondary N) is 1. The first-order valence-electron chi connectivity index (χ1n) is 12.0. The van der Waals surface area contributed by atoms with Gasteiger partial charge in [0.15, 0.2) is 0 Å². The molecule has 0 aromatic heterocycles. The summed E-state index contributed by atoms with van der Waals surface area (Å²) in [4.78, 5) is 14.0. The molecule has 1 fully saturated rings. The first-order valence-corrected chi connectivity index (χ1v) is 13.6. The summed E-state index contributed by atoms with van der Waals surface area (Å²) in [7, 11) is -3.60. The minimum Gasteiger partial charge on any atom is -0.494 e. The van der Waals surface area contributed by atoms with Crippen molar-refractivity contribution in [1.29, 1.82) is 0 Å².